The molecule has 0 N–H and O–H groups in total. The van der Waals surface area contributed by atoms with Crippen LogP contribution in [0.1, 0.15) is 0 Å². The normalized spacial score (nSPS) is 0.400. The van der Waals surface area contributed by atoms with Crippen molar-refractivity contribution < 1.29 is 39.1 Å². The fourth-order valence-corrected chi connectivity index (χ4v) is 0. The van der Waals surface area contributed by atoms with Gasteiger partial charge < -0.3 is 11.8 Å². The van der Waals surface area contributed by atoms with E-state index in [0.29, 0.717) is 0 Å². The summed E-state index contributed by atoms with van der Waals surface area (Å²) in [5.74, 6) is 0. The second-order valence-electron chi connectivity index (χ2n) is 0. The summed E-state index contributed by atoms with van der Waals surface area (Å²) < 4.78 is 0. The molecule has 5 heavy (non-hydrogen) atoms. The maximum Gasteiger partial charge on any atom is 0.187 e. The molecule has 0 unspecified atom stereocenters. The zero-order valence-electron chi connectivity index (χ0n) is 1.86. The fraction of sp³-hybridized carbons (Fsp3) is 0. The van der Waals surface area contributed by atoms with Crippen LogP contribution in [0.25, 0.3) is 0 Å². The molecule has 0 heterocycles. The van der Waals surface area contributed by atoms with Gasteiger partial charge >= 0.3 is 0 Å². The van der Waals surface area contributed by atoms with Gasteiger partial charge in [0.25, 0.3) is 0 Å². The van der Waals surface area contributed by atoms with Gasteiger partial charge in [-0.05, 0) is 0 Å². The zero-order chi connectivity index (χ0) is 2.00. The molecular formula is CH3AlCrNTi-. The standard InChI is InChI=1S/CN.Al.Cr.Ti.3H/c1-2;;;;;;/q-1;;;;;;. The molecule has 0 aliphatic carbocycles. The van der Waals surface area contributed by atoms with E-state index in [4.69, 9.17) is 11.8 Å². The number of nitrogens with zero attached hydrogens (tertiary/aromatic N) is 1. The van der Waals surface area contributed by atoms with Crippen LogP contribution in [0, 0.1) is 11.8 Å². The van der Waals surface area contributed by atoms with Crippen molar-refractivity contribution >= 4 is 17.4 Å². The van der Waals surface area contributed by atoms with Gasteiger partial charge in [0.05, 0.1) is 0 Å². The molecule has 0 aromatic carbocycles. The third-order valence-corrected chi connectivity index (χ3v) is 0. The smallest absolute Gasteiger partial charge is 0.187 e. The first kappa shape index (κ1) is 33.8. The first-order valence-corrected chi connectivity index (χ1v) is 0.224. The second kappa shape index (κ2) is 59.6. The molecule has 26 valence electrons. The van der Waals surface area contributed by atoms with Crippen molar-refractivity contribution in [3.63, 3.8) is 0 Å². The predicted molar refractivity (Wildman–Crippen MR) is 14.9 cm³/mol. The van der Waals surface area contributed by atoms with E-state index >= 15 is 0 Å². The Morgan fingerprint density at radius 3 is 1.20 bits per heavy atom. The summed E-state index contributed by atoms with van der Waals surface area (Å²) >= 11 is 0. The third-order valence-electron chi connectivity index (χ3n) is 0. The molecule has 1 nitrogen and oxygen atoms in total. The molecule has 0 aromatic rings. The van der Waals surface area contributed by atoms with Gasteiger partial charge in [-0.15, -0.1) is 0 Å². The van der Waals surface area contributed by atoms with E-state index in [2.05, 4.69) is 0 Å². The second-order valence-corrected chi connectivity index (χ2v) is 0. The zero-order valence-corrected chi connectivity index (χ0v) is 4.69. The average Bonchev–Trinajstić information content (AvgIpc) is 1.00. The van der Waals surface area contributed by atoms with Crippen molar-refractivity contribution in [3.8, 4) is 0 Å². The summed E-state index contributed by atoms with van der Waals surface area (Å²) in [7, 11) is 0. The van der Waals surface area contributed by atoms with E-state index in [1.165, 1.54) is 0 Å². The number of rotatable bonds is 0. The molecule has 0 spiro atoms. The van der Waals surface area contributed by atoms with Crippen molar-refractivity contribution in [2.45, 2.75) is 0 Å². The monoisotopic (exact) mass is 156 g/mol. The first-order valence-electron chi connectivity index (χ1n) is 0.224. The molecule has 0 aliphatic heterocycles. The van der Waals surface area contributed by atoms with E-state index < -0.39 is 0 Å². The van der Waals surface area contributed by atoms with Gasteiger partial charge in [0.1, 0.15) is 0 Å². The van der Waals surface area contributed by atoms with Crippen LogP contribution >= 0.6 is 0 Å². The van der Waals surface area contributed by atoms with Crippen LogP contribution in [0.3, 0.4) is 0 Å². The Bertz CT molecular complexity index is 16.4. The predicted octanol–water partition coefficient (Wildman–Crippen LogP) is -1.09. The largest absolute Gasteiger partial charge is 0.512 e. The van der Waals surface area contributed by atoms with Crippen LogP contribution < -0.4 is 0 Å². The number of hydrogen-bond donors (Lipinski definition) is 0. The molecule has 4 heteroatoms. The molecule has 0 radical (unpaired) electrons. The van der Waals surface area contributed by atoms with Crippen LogP contribution in [-0.2, 0) is 39.1 Å². The summed E-state index contributed by atoms with van der Waals surface area (Å²) in [6, 6.07) is 0. The molecule has 0 aliphatic rings. The Hall–Kier alpha value is 1.27. The topological polar surface area (TPSA) is 23.8 Å². The van der Waals surface area contributed by atoms with Gasteiger partial charge in [0, 0.05) is 39.1 Å². The van der Waals surface area contributed by atoms with Gasteiger partial charge in [-0.2, -0.15) is 0 Å². The Morgan fingerprint density at radius 2 is 1.20 bits per heavy atom. The maximum absolute atomic E-state index is 6.25. The summed E-state index contributed by atoms with van der Waals surface area (Å²) in [5.41, 5.74) is 0. The summed E-state index contributed by atoms with van der Waals surface area (Å²) in [4.78, 5) is 0. The van der Waals surface area contributed by atoms with E-state index in [0.717, 1.165) is 0 Å². The average molecular weight is 156 g/mol. The van der Waals surface area contributed by atoms with Crippen LogP contribution in [0.4, 0.5) is 0 Å². The van der Waals surface area contributed by atoms with Crippen molar-refractivity contribution in [2.24, 2.45) is 0 Å². The van der Waals surface area contributed by atoms with Gasteiger partial charge in [0.2, 0.25) is 0 Å². The minimum absolute atomic E-state index is 0. The molecule has 0 fully saturated rings. The molecule has 0 bridgehead atoms. The molecule has 0 aromatic heterocycles. The molecular weight excluding hydrogens is 153 g/mol. The van der Waals surface area contributed by atoms with Crippen molar-refractivity contribution in [3.05, 3.63) is 6.57 Å². The Labute approximate surface area is 67.9 Å². The van der Waals surface area contributed by atoms with Gasteiger partial charge in [0.15, 0.2) is 17.4 Å². The van der Waals surface area contributed by atoms with Crippen LogP contribution in [-0.4, -0.2) is 17.4 Å². The van der Waals surface area contributed by atoms with Gasteiger partial charge in [-0.1, -0.05) is 0 Å². The van der Waals surface area contributed by atoms with Crippen LogP contribution in [0.2, 0.25) is 0 Å². The molecule has 0 amide bonds. The van der Waals surface area contributed by atoms with Crippen LogP contribution in [0.5, 0.6) is 0 Å². The van der Waals surface area contributed by atoms with Gasteiger partial charge in [-0.3, -0.25) is 0 Å². The SMILES string of the molecule is [AlH3].[C-]#N.[Cr].[Ti]. The molecule has 0 saturated carbocycles. The van der Waals surface area contributed by atoms with E-state index in [1.54, 1.807) is 0 Å². The molecule has 0 saturated heterocycles. The Balaban J connectivity index is -0.00000000167. The van der Waals surface area contributed by atoms with Crippen molar-refractivity contribution in [2.75, 3.05) is 0 Å². The first-order chi connectivity index (χ1) is 1.00. The fourth-order valence-electron chi connectivity index (χ4n) is 0. The van der Waals surface area contributed by atoms with E-state index in [9.17, 15) is 0 Å². The summed E-state index contributed by atoms with van der Waals surface area (Å²) in [6.07, 6.45) is 0. The summed E-state index contributed by atoms with van der Waals surface area (Å²) in [5, 5.41) is 6.25. The minimum atomic E-state index is 0. The van der Waals surface area contributed by atoms with Crippen LogP contribution in [0.15, 0.2) is 0 Å². The Morgan fingerprint density at radius 1 is 1.20 bits per heavy atom. The van der Waals surface area contributed by atoms with Crippen molar-refractivity contribution in [1.29, 1.82) is 5.26 Å². The van der Waals surface area contributed by atoms with E-state index in [1.807, 2.05) is 0 Å². The van der Waals surface area contributed by atoms with E-state index in [-0.39, 0.29) is 56.4 Å². The van der Waals surface area contributed by atoms with Crippen molar-refractivity contribution in [1.82, 2.24) is 0 Å². The molecule has 0 rings (SSSR count). The van der Waals surface area contributed by atoms with Gasteiger partial charge in [-0.25, -0.2) is 0 Å². The third kappa shape index (κ3) is 35.0. The number of hydrogen-bond acceptors (Lipinski definition) is 1. The maximum atomic E-state index is 6.25. The Kier molecular flexibility index (Phi) is 403. The molecule has 0 atom stereocenters. The summed E-state index contributed by atoms with van der Waals surface area (Å²) in [6.45, 7) is 4.75. The minimum Gasteiger partial charge on any atom is -0.512 e. The quantitative estimate of drug-likeness (QED) is 0.322.